The van der Waals surface area contributed by atoms with Crippen molar-refractivity contribution in [2.75, 3.05) is 0 Å². The molecule has 1 N–H and O–H groups in total. The minimum absolute atomic E-state index is 0. The van der Waals surface area contributed by atoms with Gasteiger partial charge in [0.25, 0.3) is 11.8 Å². The molecule has 0 aliphatic carbocycles. The van der Waals surface area contributed by atoms with E-state index in [-0.39, 0.29) is 28.9 Å². The summed E-state index contributed by atoms with van der Waals surface area (Å²) in [6.07, 6.45) is 2.39. The maximum absolute atomic E-state index is 10.0. The zero-order valence-corrected chi connectivity index (χ0v) is 4.71. The summed E-state index contributed by atoms with van der Waals surface area (Å²) < 4.78 is 0. The van der Waals surface area contributed by atoms with Crippen molar-refractivity contribution < 1.29 is 26.7 Å². The van der Waals surface area contributed by atoms with Crippen molar-refractivity contribution in [3.05, 3.63) is 12.2 Å². The van der Waals surface area contributed by atoms with Crippen LogP contribution in [0.3, 0.4) is 0 Å². The van der Waals surface area contributed by atoms with Gasteiger partial charge in [-0.25, -0.2) is 0 Å². The molecule has 0 aromatic rings. The molecule has 4 heteroatoms. The van der Waals surface area contributed by atoms with Crippen molar-refractivity contribution in [2.24, 2.45) is 0 Å². The first-order valence-electron chi connectivity index (χ1n) is 1.82. The Morgan fingerprint density at radius 1 is 1.12 bits per heavy atom. The SMILES string of the molecule is O=C1C=CC(=O)N1.[Cu]. The summed E-state index contributed by atoms with van der Waals surface area (Å²) in [4.78, 5) is 20.1. The van der Waals surface area contributed by atoms with Gasteiger partial charge in [-0.15, -0.1) is 0 Å². The molecule has 0 spiro atoms. The standard InChI is InChI=1S/C4H3NO2.Cu/c6-3-1-2-4(7)5-3;/h1-2H,(H,5,6,7);. The minimum atomic E-state index is -0.329. The number of hydrogen-bond acceptors (Lipinski definition) is 2. The van der Waals surface area contributed by atoms with E-state index < -0.39 is 0 Å². The van der Waals surface area contributed by atoms with E-state index in [4.69, 9.17) is 0 Å². The Morgan fingerprint density at radius 3 is 1.62 bits per heavy atom. The monoisotopic (exact) mass is 160 g/mol. The van der Waals surface area contributed by atoms with Gasteiger partial charge in [0.1, 0.15) is 0 Å². The molecule has 0 aromatic heterocycles. The van der Waals surface area contributed by atoms with E-state index in [2.05, 4.69) is 0 Å². The third-order valence-corrected chi connectivity index (χ3v) is 0.632. The van der Waals surface area contributed by atoms with Gasteiger partial charge in [-0.3, -0.25) is 14.9 Å². The average molecular weight is 161 g/mol. The van der Waals surface area contributed by atoms with Gasteiger partial charge in [-0.2, -0.15) is 0 Å². The van der Waals surface area contributed by atoms with E-state index in [1.165, 1.54) is 12.2 Å². The van der Waals surface area contributed by atoms with Crippen LogP contribution in [-0.2, 0) is 26.7 Å². The molecule has 0 aromatic carbocycles. The molecule has 0 unspecified atom stereocenters. The van der Waals surface area contributed by atoms with E-state index in [1.54, 1.807) is 0 Å². The molecule has 3 nitrogen and oxygen atoms in total. The molecule has 1 rings (SSSR count). The van der Waals surface area contributed by atoms with Gasteiger partial charge in [-0.1, -0.05) is 0 Å². The van der Waals surface area contributed by atoms with Crippen molar-refractivity contribution in [1.82, 2.24) is 5.32 Å². The number of hydrogen-bond donors (Lipinski definition) is 1. The molecule has 1 aliphatic heterocycles. The number of imide groups is 1. The fraction of sp³-hybridized carbons (Fsp3) is 0. The van der Waals surface area contributed by atoms with Crippen LogP contribution in [0.5, 0.6) is 0 Å². The van der Waals surface area contributed by atoms with Crippen molar-refractivity contribution in [3.8, 4) is 0 Å². The van der Waals surface area contributed by atoms with Gasteiger partial charge in [0.15, 0.2) is 0 Å². The smallest absolute Gasteiger partial charge is 0.250 e. The molecule has 0 fully saturated rings. The van der Waals surface area contributed by atoms with Crippen LogP contribution >= 0.6 is 0 Å². The summed E-state index contributed by atoms with van der Waals surface area (Å²) in [6, 6.07) is 0. The Labute approximate surface area is 56.6 Å². The molecular formula is C4H3CuNO2. The van der Waals surface area contributed by atoms with E-state index in [0.29, 0.717) is 0 Å². The Morgan fingerprint density at radius 2 is 1.50 bits per heavy atom. The number of carbonyl (C=O) groups is 2. The molecule has 1 radical (unpaired) electrons. The van der Waals surface area contributed by atoms with Crippen molar-refractivity contribution in [2.45, 2.75) is 0 Å². The van der Waals surface area contributed by atoms with Crippen LogP contribution in [0, 0.1) is 0 Å². The Hall–Kier alpha value is -0.601. The average Bonchev–Trinajstić information content (AvgIpc) is 1.87. The van der Waals surface area contributed by atoms with Crippen molar-refractivity contribution >= 4 is 11.8 Å². The first kappa shape index (κ1) is 7.40. The fourth-order valence-corrected chi connectivity index (χ4v) is 0.356. The molecular weight excluding hydrogens is 158 g/mol. The van der Waals surface area contributed by atoms with Crippen LogP contribution in [0.1, 0.15) is 0 Å². The van der Waals surface area contributed by atoms with Gasteiger partial charge < -0.3 is 0 Å². The van der Waals surface area contributed by atoms with Crippen LogP contribution in [0.4, 0.5) is 0 Å². The summed E-state index contributed by atoms with van der Waals surface area (Å²) in [5, 5.41) is 2.03. The number of rotatable bonds is 0. The van der Waals surface area contributed by atoms with Crippen molar-refractivity contribution in [3.63, 3.8) is 0 Å². The summed E-state index contributed by atoms with van der Waals surface area (Å²) in [5.74, 6) is -0.657. The Bertz CT molecular complexity index is 136. The van der Waals surface area contributed by atoms with E-state index in [1.807, 2.05) is 5.32 Å². The first-order valence-corrected chi connectivity index (χ1v) is 1.82. The summed E-state index contributed by atoms with van der Waals surface area (Å²) in [6.45, 7) is 0. The predicted molar refractivity (Wildman–Crippen MR) is 22.3 cm³/mol. The molecule has 0 bridgehead atoms. The predicted octanol–water partition coefficient (Wildman–Crippen LogP) is -0.804. The normalized spacial score (nSPS) is 15.5. The van der Waals surface area contributed by atoms with Gasteiger partial charge in [-0.05, 0) is 0 Å². The van der Waals surface area contributed by atoms with Gasteiger partial charge >= 0.3 is 0 Å². The molecule has 0 saturated carbocycles. The number of carbonyl (C=O) groups excluding carboxylic acids is 2. The van der Waals surface area contributed by atoms with Crippen LogP contribution < -0.4 is 5.32 Å². The topological polar surface area (TPSA) is 46.2 Å². The Balaban J connectivity index is 0.000000490. The second-order valence-electron chi connectivity index (χ2n) is 1.19. The molecule has 1 aliphatic rings. The molecule has 0 saturated heterocycles. The van der Waals surface area contributed by atoms with Crippen molar-refractivity contribution in [1.29, 1.82) is 0 Å². The maximum Gasteiger partial charge on any atom is 0.250 e. The third-order valence-electron chi connectivity index (χ3n) is 0.632. The number of amides is 2. The zero-order valence-electron chi connectivity index (χ0n) is 3.77. The van der Waals surface area contributed by atoms with Gasteiger partial charge in [0.05, 0.1) is 0 Å². The van der Waals surface area contributed by atoms with Crippen LogP contribution in [0.2, 0.25) is 0 Å². The minimum Gasteiger partial charge on any atom is -0.289 e. The van der Waals surface area contributed by atoms with Crippen LogP contribution in [-0.4, -0.2) is 11.8 Å². The fourth-order valence-electron chi connectivity index (χ4n) is 0.356. The quantitative estimate of drug-likeness (QED) is 0.373. The molecule has 0 atom stereocenters. The first-order chi connectivity index (χ1) is 3.29. The second-order valence-corrected chi connectivity index (χ2v) is 1.19. The summed E-state index contributed by atoms with van der Waals surface area (Å²) in [5.41, 5.74) is 0. The van der Waals surface area contributed by atoms with Crippen LogP contribution in [0.25, 0.3) is 0 Å². The van der Waals surface area contributed by atoms with Gasteiger partial charge in [0.2, 0.25) is 0 Å². The largest absolute Gasteiger partial charge is 0.289 e. The van der Waals surface area contributed by atoms with E-state index in [9.17, 15) is 9.59 Å². The van der Waals surface area contributed by atoms with E-state index >= 15 is 0 Å². The second kappa shape index (κ2) is 2.64. The Kier molecular flexibility index (Phi) is 2.45. The van der Waals surface area contributed by atoms with Crippen LogP contribution in [0.15, 0.2) is 12.2 Å². The molecule has 8 heavy (non-hydrogen) atoms. The van der Waals surface area contributed by atoms with E-state index in [0.717, 1.165) is 0 Å². The van der Waals surface area contributed by atoms with Gasteiger partial charge in [0, 0.05) is 29.2 Å². The molecule has 2 amide bonds. The zero-order chi connectivity index (χ0) is 5.28. The third kappa shape index (κ3) is 1.48. The molecule has 47 valence electrons. The summed E-state index contributed by atoms with van der Waals surface area (Å²) >= 11 is 0. The molecule has 1 heterocycles. The maximum atomic E-state index is 10.0. The summed E-state index contributed by atoms with van der Waals surface area (Å²) in [7, 11) is 0. The number of nitrogens with one attached hydrogen (secondary N) is 1.